The maximum atomic E-state index is 13.8. The Kier molecular flexibility index (Phi) is 5.14. The van der Waals surface area contributed by atoms with Crippen molar-refractivity contribution in [1.29, 1.82) is 0 Å². The van der Waals surface area contributed by atoms with E-state index in [1.165, 1.54) is 5.32 Å². The van der Waals surface area contributed by atoms with Crippen LogP contribution in [0.25, 0.3) is 0 Å². The minimum atomic E-state index is -5.35. The summed E-state index contributed by atoms with van der Waals surface area (Å²) in [6.45, 7) is 0.688. The van der Waals surface area contributed by atoms with Gasteiger partial charge in [-0.25, -0.2) is 14.2 Å². The summed E-state index contributed by atoms with van der Waals surface area (Å²) in [5, 5.41) is 28.5. The zero-order valence-electron chi connectivity index (χ0n) is 11.9. The lowest BCUT2D eigenvalue weighted by molar-refractivity contribution is -0.265. The molecule has 1 heterocycles. The monoisotopic (exact) mass is 360 g/mol. The number of nitrogens with zero attached hydrogens (tertiary/aromatic N) is 1. The van der Waals surface area contributed by atoms with Gasteiger partial charge >= 0.3 is 12.3 Å². The number of carbonyl (C=O) groups is 1. The smallest absolute Gasteiger partial charge is 0.424 e. The topological polar surface area (TPSA) is 103 Å². The van der Waals surface area contributed by atoms with Crippen LogP contribution in [0.5, 0.6) is 0 Å². The van der Waals surface area contributed by atoms with Crippen molar-refractivity contribution in [3.05, 3.63) is 28.3 Å². The molecule has 1 unspecified atom stereocenters. The Morgan fingerprint density at radius 3 is 2.26 bits per heavy atom. The van der Waals surface area contributed by atoms with Gasteiger partial charge in [0.1, 0.15) is 0 Å². The zero-order valence-corrected chi connectivity index (χ0v) is 12.6. The van der Waals surface area contributed by atoms with Crippen molar-refractivity contribution in [1.82, 2.24) is 10.3 Å². The molecule has 23 heavy (non-hydrogen) atoms. The van der Waals surface area contributed by atoms with Gasteiger partial charge in [-0.1, -0.05) is 11.6 Å². The van der Waals surface area contributed by atoms with E-state index in [1.54, 1.807) is 0 Å². The third kappa shape index (κ3) is 4.01. The average molecular weight is 361 g/mol. The zero-order chi connectivity index (χ0) is 18.2. The molecule has 1 aromatic rings. The molecule has 130 valence electrons. The quantitative estimate of drug-likeness (QED) is 0.486. The average Bonchev–Trinajstić information content (AvgIpc) is 2.36. The molecule has 0 fully saturated rings. The number of amides is 1. The third-order valence-electron chi connectivity index (χ3n) is 2.96. The van der Waals surface area contributed by atoms with Gasteiger partial charge in [0.05, 0.1) is 17.8 Å². The van der Waals surface area contributed by atoms with Gasteiger partial charge in [0.25, 0.3) is 0 Å². The van der Waals surface area contributed by atoms with Gasteiger partial charge in [0.2, 0.25) is 5.60 Å². The largest absolute Gasteiger partial charge is 0.465 e. The van der Waals surface area contributed by atoms with Crippen molar-refractivity contribution in [2.75, 3.05) is 6.54 Å². The number of carboxylic acid groups (broad SMARTS) is 1. The van der Waals surface area contributed by atoms with Gasteiger partial charge in [-0.15, -0.1) is 0 Å². The Morgan fingerprint density at radius 1 is 1.35 bits per heavy atom. The van der Waals surface area contributed by atoms with E-state index in [9.17, 15) is 32.6 Å². The van der Waals surface area contributed by atoms with Gasteiger partial charge < -0.3 is 20.6 Å². The summed E-state index contributed by atoms with van der Waals surface area (Å²) in [5.41, 5.74) is -7.46. The normalized spacial score (nSPS) is 15.2. The number of alkyl halides is 3. The van der Waals surface area contributed by atoms with Crippen LogP contribution in [-0.2, 0) is 11.2 Å². The number of nitrogens with one attached hydrogen (secondary N) is 1. The highest BCUT2D eigenvalue weighted by molar-refractivity contribution is 6.29. The molecule has 1 atom stereocenters. The molecule has 0 spiro atoms. The summed E-state index contributed by atoms with van der Waals surface area (Å²) >= 11 is 5.43. The number of aliphatic hydroxyl groups is 2. The van der Waals surface area contributed by atoms with Crippen LogP contribution in [0, 0.1) is 5.82 Å². The lowest BCUT2D eigenvalue weighted by Crippen LogP contribution is -2.51. The number of pyridine rings is 1. The fourth-order valence-corrected chi connectivity index (χ4v) is 1.89. The Morgan fingerprint density at radius 2 is 1.87 bits per heavy atom. The van der Waals surface area contributed by atoms with Crippen LogP contribution in [0.1, 0.15) is 25.1 Å². The van der Waals surface area contributed by atoms with Gasteiger partial charge in [-0.05, 0) is 19.9 Å². The second-order valence-corrected chi connectivity index (χ2v) is 5.59. The first-order chi connectivity index (χ1) is 10.2. The lowest BCUT2D eigenvalue weighted by atomic mass is 9.92. The van der Waals surface area contributed by atoms with Crippen LogP contribution in [-0.4, -0.2) is 39.1 Å². The Balaban J connectivity index is 3.55. The molecule has 0 aliphatic carbocycles. The molecular formula is C12H13ClF4N2O4. The van der Waals surface area contributed by atoms with Gasteiger partial charge in [0.15, 0.2) is 11.0 Å². The van der Waals surface area contributed by atoms with Gasteiger partial charge in [-0.3, -0.25) is 0 Å². The summed E-state index contributed by atoms with van der Waals surface area (Å²) in [6.07, 6.45) is -7.16. The molecule has 4 N–H and O–H groups in total. The Bertz CT molecular complexity index is 618. The van der Waals surface area contributed by atoms with E-state index in [0.29, 0.717) is 6.07 Å². The summed E-state index contributed by atoms with van der Waals surface area (Å²) in [7, 11) is 0. The van der Waals surface area contributed by atoms with Crippen LogP contribution >= 0.6 is 11.6 Å². The van der Waals surface area contributed by atoms with Crippen molar-refractivity contribution in [3.8, 4) is 0 Å². The summed E-state index contributed by atoms with van der Waals surface area (Å²) in [4.78, 5) is 13.6. The molecule has 0 aromatic carbocycles. The predicted molar refractivity (Wildman–Crippen MR) is 70.4 cm³/mol. The number of aromatic nitrogens is 1. The van der Waals surface area contributed by atoms with E-state index in [0.717, 1.165) is 13.8 Å². The molecule has 0 saturated carbocycles. The van der Waals surface area contributed by atoms with E-state index in [-0.39, 0.29) is 0 Å². The van der Waals surface area contributed by atoms with Gasteiger partial charge in [-0.2, -0.15) is 13.2 Å². The Hall–Kier alpha value is -1.65. The summed E-state index contributed by atoms with van der Waals surface area (Å²) < 4.78 is 53.4. The highest BCUT2D eigenvalue weighted by Gasteiger charge is 2.57. The number of hydrogen-bond donors (Lipinski definition) is 4. The SMILES string of the molecule is CC(C)(O)c1cc(C(O)(CNC(=O)O)C(F)(F)F)nc(Cl)c1F. The van der Waals surface area contributed by atoms with Crippen molar-refractivity contribution in [2.24, 2.45) is 0 Å². The molecule has 1 aromatic heterocycles. The van der Waals surface area contributed by atoms with Crippen LogP contribution in [0.3, 0.4) is 0 Å². The third-order valence-corrected chi connectivity index (χ3v) is 3.21. The first-order valence-corrected chi connectivity index (χ1v) is 6.43. The highest BCUT2D eigenvalue weighted by Crippen LogP contribution is 2.40. The standard InChI is InChI=1S/C12H13ClF4N2O4/c1-10(2,22)5-3-6(19-8(13)7(5)14)11(23,12(15,16)17)4-18-9(20)21/h3,18,22-23H,4H2,1-2H3,(H,20,21). The van der Waals surface area contributed by atoms with Crippen LogP contribution in [0.2, 0.25) is 5.15 Å². The van der Waals surface area contributed by atoms with E-state index < -0.39 is 52.2 Å². The van der Waals surface area contributed by atoms with Crippen molar-refractivity contribution < 1.29 is 37.7 Å². The highest BCUT2D eigenvalue weighted by atomic mass is 35.5. The van der Waals surface area contributed by atoms with Crippen LogP contribution < -0.4 is 5.32 Å². The number of halogens is 5. The summed E-state index contributed by atoms with van der Waals surface area (Å²) in [6, 6.07) is 0.484. The minimum absolute atomic E-state index is 0.484. The predicted octanol–water partition coefficient (Wildman–Crippen LogP) is 2.12. The minimum Gasteiger partial charge on any atom is -0.465 e. The number of rotatable bonds is 4. The second-order valence-electron chi connectivity index (χ2n) is 5.24. The van der Waals surface area contributed by atoms with Crippen molar-refractivity contribution in [3.63, 3.8) is 0 Å². The van der Waals surface area contributed by atoms with Crippen LogP contribution in [0.4, 0.5) is 22.4 Å². The number of hydrogen-bond acceptors (Lipinski definition) is 4. The first-order valence-electron chi connectivity index (χ1n) is 6.05. The second kappa shape index (κ2) is 6.10. The molecule has 0 saturated heterocycles. The van der Waals surface area contributed by atoms with E-state index in [4.69, 9.17) is 16.7 Å². The maximum Gasteiger partial charge on any atom is 0.424 e. The molecular weight excluding hydrogens is 348 g/mol. The van der Waals surface area contributed by atoms with Crippen LogP contribution in [0.15, 0.2) is 6.07 Å². The molecule has 6 nitrogen and oxygen atoms in total. The van der Waals surface area contributed by atoms with E-state index >= 15 is 0 Å². The van der Waals surface area contributed by atoms with E-state index in [2.05, 4.69) is 4.98 Å². The van der Waals surface area contributed by atoms with Crippen molar-refractivity contribution in [2.45, 2.75) is 31.2 Å². The molecule has 0 aliphatic rings. The fourth-order valence-electron chi connectivity index (χ4n) is 1.69. The maximum absolute atomic E-state index is 13.8. The molecule has 11 heteroatoms. The first kappa shape index (κ1) is 19.4. The lowest BCUT2D eigenvalue weighted by Gasteiger charge is -2.31. The van der Waals surface area contributed by atoms with E-state index in [1.807, 2.05) is 0 Å². The Labute approximate surface area is 132 Å². The van der Waals surface area contributed by atoms with Crippen molar-refractivity contribution >= 4 is 17.7 Å². The molecule has 0 aliphatic heterocycles. The fraction of sp³-hybridized carbons (Fsp3) is 0.500. The molecule has 1 rings (SSSR count). The molecule has 0 radical (unpaired) electrons. The molecule has 1 amide bonds. The molecule has 0 bridgehead atoms. The van der Waals surface area contributed by atoms with Gasteiger partial charge in [0, 0.05) is 5.56 Å². The summed E-state index contributed by atoms with van der Waals surface area (Å²) in [5.74, 6) is -1.25.